The van der Waals surface area contributed by atoms with E-state index in [0.29, 0.717) is 15.5 Å². The first-order valence-electron chi connectivity index (χ1n) is 8.63. The van der Waals surface area contributed by atoms with E-state index in [-0.39, 0.29) is 27.5 Å². The quantitative estimate of drug-likeness (QED) is 0.387. The summed E-state index contributed by atoms with van der Waals surface area (Å²) in [4.78, 5) is 12.4. The third-order valence-electron chi connectivity index (χ3n) is 4.03. The zero-order chi connectivity index (χ0) is 21.9. The van der Waals surface area contributed by atoms with Crippen molar-refractivity contribution in [3.63, 3.8) is 0 Å². The Morgan fingerprint density at radius 1 is 1.23 bits per heavy atom. The van der Waals surface area contributed by atoms with Crippen LogP contribution in [0, 0.1) is 11.3 Å². The molecule has 0 fully saturated rings. The van der Waals surface area contributed by atoms with Crippen LogP contribution in [0.3, 0.4) is 0 Å². The van der Waals surface area contributed by atoms with Gasteiger partial charge in [-0.05, 0) is 48.9 Å². The number of carbonyl (C=O) groups is 1. The summed E-state index contributed by atoms with van der Waals surface area (Å²) in [5, 5.41) is 22.1. The largest absolute Gasteiger partial charge is 0.477 e. The summed E-state index contributed by atoms with van der Waals surface area (Å²) in [6.07, 6.45) is 0. The van der Waals surface area contributed by atoms with E-state index in [2.05, 4.69) is 5.09 Å². The molecule has 0 saturated carbocycles. The van der Waals surface area contributed by atoms with E-state index in [1.807, 2.05) is 6.07 Å². The SMILES string of the molecule is CCOP(=O)(Nc1cc(-c2ccc(C#N)cc2)sc1C(=O)O)c1ccc(Cl)cc1Cl. The fourth-order valence-electron chi connectivity index (χ4n) is 2.71. The Morgan fingerprint density at radius 3 is 2.50 bits per heavy atom. The zero-order valence-electron chi connectivity index (χ0n) is 15.6. The first-order chi connectivity index (χ1) is 14.3. The number of nitrogens with zero attached hydrogens (tertiary/aromatic N) is 1. The fourth-order valence-corrected chi connectivity index (χ4v) is 6.28. The maximum atomic E-state index is 13.6. The van der Waals surface area contributed by atoms with Gasteiger partial charge < -0.3 is 14.7 Å². The molecule has 3 aromatic rings. The average Bonchev–Trinajstić information content (AvgIpc) is 3.11. The number of aromatic carboxylic acids is 1. The number of anilines is 1. The molecule has 0 amide bonds. The van der Waals surface area contributed by atoms with Crippen LogP contribution in [0.2, 0.25) is 10.0 Å². The predicted molar refractivity (Wildman–Crippen MR) is 120 cm³/mol. The lowest BCUT2D eigenvalue weighted by atomic mass is 10.1. The normalized spacial score (nSPS) is 12.7. The van der Waals surface area contributed by atoms with Crippen LogP contribution in [0.4, 0.5) is 5.69 Å². The van der Waals surface area contributed by atoms with Crippen molar-refractivity contribution in [2.45, 2.75) is 6.92 Å². The molecule has 1 heterocycles. The van der Waals surface area contributed by atoms with Crippen LogP contribution in [0.5, 0.6) is 0 Å². The smallest absolute Gasteiger partial charge is 0.348 e. The molecule has 0 radical (unpaired) electrons. The van der Waals surface area contributed by atoms with Crippen LogP contribution in [-0.4, -0.2) is 17.7 Å². The van der Waals surface area contributed by atoms with Crippen LogP contribution in [0.25, 0.3) is 10.4 Å². The molecule has 3 rings (SSSR count). The van der Waals surface area contributed by atoms with Crippen molar-refractivity contribution >= 4 is 59.0 Å². The summed E-state index contributed by atoms with van der Waals surface area (Å²) in [6.45, 7) is 1.78. The summed E-state index contributed by atoms with van der Waals surface area (Å²) < 4.78 is 19.1. The van der Waals surface area contributed by atoms with E-state index < -0.39 is 13.5 Å². The second kappa shape index (κ2) is 9.22. The number of benzene rings is 2. The summed E-state index contributed by atoms with van der Waals surface area (Å²) in [5.74, 6) is -1.17. The number of thiophene rings is 1. The van der Waals surface area contributed by atoms with Crippen molar-refractivity contribution in [3.8, 4) is 16.5 Å². The van der Waals surface area contributed by atoms with Gasteiger partial charge in [-0.15, -0.1) is 11.3 Å². The van der Waals surface area contributed by atoms with Crippen LogP contribution >= 0.6 is 42.1 Å². The van der Waals surface area contributed by atoms with Crippen molar-refractivity contribution < 1.29 is 19.0 Å². The number of halogens is 2. The number of carboxylic acid groups (broad SMARTS) is 1. The summed E-state index contributed by atoms with van der Waals surface area (Å²) in [5.41, 5.74) is 1.37. The van der Waals surface area contributed by atoms with E-state index in [9.17, 15) is 14.5 Å². The molecule has 0 aliphatic rings. The van der Waals surface area contributed by atoms with Gasteiger partial charge in [-0.1, -0.05) is 35.3 Å². The number of nitriles is 1. The molecule has 0 spiro atoms. The van der Waals surface area contributed by atoms with Gasteiger partial charge in [0.25, 0.3) is 0 Å². The Balaban J connectivity index is 2.06. The van der Waals surface area contributed by atoms with Crippen LogP contribution in [-0.2, 0) is 9.09 Å². The van der Waals surface area contributed by atoms with Gasteiger partial charge in [0, 0.05) is 9.90 Å². The highest BCUT2D eigenvalue weighted by atomic mass is 35.5. The van der Waals surface area contributed by atoms with E-state index in [1.165, 1.54) is 18.2 Å². The first-order valence-corrected chi connectivity index (χ1v) is 11.8. The van der Waals surface area contributed by atoms with Gasteiger partial charge in [-0.25, -0.2) is 4.79 Å². The third kappa shape index (κ3) is 4.70. The molecular formula is C20H15Cl2N2O4PS. The molecular weight excluding hydrogens is 466 g/mol. The Kier molecular flexibility index (Phi) is 6.87. The summed E-state index contributed by atoms with van der Waals surface area (Å²) >= 11 is 13.2. The monoisotopic (exact) mass is 480 g/mol. The van der Waals surface area contributed by atoms with Crippen molar-refractivity contribution in [3.05, 3.63) is 69.0 Å². The second-order valence-electron chi connectivity index (χ2n) is 6.02. The van der Waals surface area contributed by atoms with E-state index >= 15 is 0 Å². The minimum Gasteiger partial charge on any atom is -0.477 e. The number of rotatable bonds is 7. The molecule has 2 aromatic carbocycles. The number of hydrogen-bond acceptors (Lipinski definition) is 5. The van der Waals surface area contributed by atoms with Crippen molar-refractivity contribution in [2.75, 3.05) is 11.7 Å². The lowest BCUT2D eigenvalue weighted by molar-refractivity contribution is 0.0703. The van der Waals surface area contributed by atoms with Crippen LogP contribution in [0.15, 0.2) is 48.5 Å². The van der Waals surface area contributed by atoms with Crippen LogP contribution in [0.1, 0.15) is 22.2 Å². The maximum Gasteiger partial charge on any atom is 0.348 e. The Morgan fingerprint density at radius 2 is 1.93 bits per heavy atom. The topological polar surface area (TPSA) is 99.4 Å². The summed E-state index contributed by atoms with van der Waals surface area (Å²) in [7, 11) is -3.75. The van der Waals surface area contributed by atoms with E-state index in [4.69, 9.17) is 33.0 Å². The minimum absolute atomic E-state index is 0.0284. The molecule has 0 bridgehead atoms. The lowest BCUT2D eigenvalue weighted by Gasteiger charge is -2.21. The standard InChI is InChI=1S/C20H15Cl2N2O4PS/c1-2-28-29(27,17-8-7-14(21)9-15(17)22)24-16-10-18(30-19(16)20(25)26)13-5-3-12(11-23)4-6-13/h3-10H,2H2,1H3,(H,24,27)(H,25,26). The van der Waals surface area contributed by atoms with Crippen LogP contribution < -0.4 is 10.4 Å². The lowest BCUT2D eigenvalue weighted by Crippen LogP contribution is -2.16. The van der Waals surface area contributed by atoms with Crippen molar-refractivity contribution in [1.29, 1.82) is 5.26 Å². The molecule has 0 aliphatic heterocycles. The molecule has 1 aromatic heterocycles. The third-order valence-corrected chi connectivity index (χ3v) is 8.06. The van der Waals surface area contributed by atoms with Crippen molar-refractivity contribution in [1.82, 2.24) is 0 Å². The van der Waals surface area contributed by atoms with E-state index in [1.54, 1.807) is 37.3 Å². The highest BCUT2D eigenvalue weighted by Gasteiger charge is 2.31. The molecule has 0 aliphatic carbocycles. The molecule has 0 saturated heterocycles. The molecule has 1 unspecified atom stereocenters. The highest BCUT2D eigenvalue weighted by molar-refractivity contribution is 7.68. The van der Waals surface area contributed by atoms with Gasteiger partial charge in [0.15, 0.2) is 0 Å². The summed E-state index contributed by atoms with van der Waals surface area (Å²) in [6, 6.07) is 14.8. The van der Waals surface area contributed by atoms with Gasteiger partial charge in [-0.3, -0.25) is 4.57 Å². The Bertz CT molecular complexity index is 1190. The average molecular weight is 481 g/mol. The first kappa shape index (κ1) is 22.4. The number of carboxylic acids is 1. The highest BCUT2D eigenvalue weighted by Crippen LogP contribution is 2.50. The molecule has 6 nitrogen and oxygen atoms in total. The number of hydrogen-bond donors (Lipinski definition) is 2. The number of nitrogens with one attached hydrogen (secondary N) is 1. The van der Waals surface area contributed by atoms with Crippen molar-refractivity contribution in [2.24, 2.45) is 0 Å². The van der Waals surface area contributed by atoms with Gasteiger partial charge in [-0.2, -0.15) is 5.26 Å². The van der Waals surface area contributed by atoms with Gasteiger partial charge in [0.2, 0.25) is 0 Å². The minimum atomic E-state index is -3.75. The molecule has 10 heteroatoms. The van der Waals surface area contributed by atoms with Gasteiger partial charge in [0.1, 0.15) is 4.88 Å². The van der Waals surface area contributed by atoms with Gasteiger partial charge >= 0.3 is 13.5 Å². The Hall–Kier alpha value is -2.33. The van der Waals surface area contributed by atoms with E-state index in [0.717, 1.165) is 16.9 Å². The Labute approximate surface area is 187 Å². The predicted octanol–water partition coefficient (Wildman–Crippen LogP) is 6.26. The molecule has 30 heavy (non-hydrogen) atoms. The second-order valence-corrected chi connectivity index (χ2v) is 9.99. The zero-order valence-corrected chi connectivity index (χ0v) is 18.8. The molecule has 2 N–H and O–H groups in total. The van der Waals surface area contributed by atoms with Gasteiger partial charge in [0.05, 0.1) is 34.3 Å². The fraction of sp³-hybridized carbons (Fsp3) is 0.100. The molecule has 154 valence electrons. The molecule has 1 atom stereocenters. The maximum absolute atomic E-state index is 13.6.